The van der Waals surface area contributed by atoms with E-state index in [4.69, 9.17) is 26.6 Å². The summed E-state index contributed by atoms with van der Waals surface area (Å²) >= 11 is 0. The Hall–Kier alpha value is -1.96. The molecule has 1 saturated heterocycles. The molecular formula is C12H17N5O4. The van der Waals surface area contributed by atoms with Crippen molar-refractivity contribution in [2.75, 3.05) is 6.61 Å². The van der Waals surface area contributed by atoms with Crippen LogP contribution in [-0.2, 0) is 4.74 Å². The predicted octanol–water partition coefficient (Wildman–Crippen LogP) is -1.99. The highest BCUT2D eigenvalue weighted by atomic mass is 16.5. The number of nitrogens with zero attached hydrogens (tertiary/aromatic N) is 2. The third-order valence-corrected chi connectivity index (χ3v) is 3.32. The lowest BCUT2D eigenvalue weighted by Crippen LogP contribution is -2.46. The van der Waals surface area contributed by atoms with E-state index in [1.54, 1.807) is 0 Å². The molecule has 114 valence electrons. The number of aliphatic hydroxyl groups is 2. The molecule has 2 amide bonds. The average Bonchev–Trinajstić information content (AvgIpc) is 2.80. The van der Waals surface area contributed by atoms with Gasteiger partial charge in [-0.2, -0.15) is 5.26 Å². The molecule has 0 aliphatic carbocycles. The highest BCUT2D eigenvalue weighted by molar-refractivity contribution is 5.80. The second-order valence-electron chi connectivity index (χ2n) is 4.73. The van der Waals surface area contributed by atoms with Crippen molar-refractivity contribution in [3.63, 3.8) is 0 Å². The summed E-state index contributed by atoms with van der Waals surface area (Å²) in [7, 11) is 0. The number of allylic oxidation sites excluding steroid dienone is 1. The first-order chi connectivity index (χ1) is 9.97. The summed E-state index contributed by atoms with van der Waals surface area (Å²) < 4.78 is 5.39. The van der Waals surface area contributed by atoms with Crippen LogP contribution in [0, 0.1) is 11.3 Å². The molecule has 2 aliphatic rings. The smallest absolute Gasteiger partial charge is 0.328 e. The van der Waals surface area contributed by atoms with Crippen LogP contribution in [0.4, 0.5) is 4.79 Å². The zero-order valence-electron chi connectivity index (χ0n) is 11.1. The van der Waals surface area contributed by atoms with E-state index in [1.807, 2.05) is 6.07 Å². The third-order valence-electron chi connectivity index (χ3n) is 3.32. The maximum absolute atomic E-state index is 12.1. The maximum atomic E-state index is 12.1. The summed E-state index contributed by atoms with van der Waals surface area (Å²) in [6.07, 6.45) is -0.161. The summed E-state index contributed by atoms with van der Waals surface area (Å²) in [5.74, 6) is 0. The molecule has 2 aliphatic heterocycles. The van der Waals surface area contributed by atoms with Crippen molar-refractivity contribution in [2.24, 2.45) is 11.5 Å². The fourth-order valence-electron chi connectivity index (χ4n) is 2.19. The Morgan fingerprint density at radius 1 is 1.67 bits per heavy atom. The fraction of sp³-hybridized carbons (Fsp3) is 0.500. The molecule has 2 heterocycles. The Morgan fingerprint density at radius 3 is 2.86 bits per heavy atom. The van der Waals surface area contributed by atoms with Crippen molar-refractivity contribution in [3.8, 4) is 6.07 Å². The van der Waals surface area contributed by atoms with Gasteiger partial charge in [-0.25, -0.2) is 4.79 Å². The van der Waals surface area contributed by atoms with Crippen LogP contribution in [0.1, 0.15) is 6.42 Å². The number of nitrogens with one attached hydrogen (secondary N) is 1. The molecule has 0 bridgehead atoms. The molecule has 0 spiro atoms. The number of urea groups is 1. The lowest BCUT2D eigenvalue weighted by atomic mass is 10.1. The van der Waals surface area contributed by atoms with Crippen LogP contribution in [0.5, 0.6) is 0 Å². The molecule has 3 atom stereocenters. The first-order valence-electron chi connectivity index (χ1n) is 6.35. The zero-order valence-corrected chi connectivity index (χ0v) is 11.1. The standard InChI is InChI=1S/C12H17N5O4/c13-4-6(11(14)15)7-1-2-17(12(20)16-7)10-3-8(19)9(5-18)21-10/h1-2,8-11,18-19H,3,5,14-15H2,(H,16,20)/b7-6-/t8-,9+,10+/m0/s1. The number of amides is 2. The van der Waals surface area contributed by atoms with E-state index in [1.165, 1.54) is 17.2 Å². The number of ether oxygens (including phenoxy) is 1. The van der Waals surface area contributed by atoms with Gasteiger partial charge in [0, 0.05) is 12.6 Å². The largest absolute Gasteiger partial charge is 0.394 e. The van der Waals surface area contributed by atoms with Gasteiger partial charge in [0.25, 0.3) is 0 Å². The van der Waals surface area contributed by atoms with Crippen LogP contribution in [0.25, 0.3) is 0 Å². The van der Waals surface area contributed by atoms with Gasteiger partial charge in [0.2, 0.25) is 0 Å². The predicted molar refractivity (Wildman–Crippen MR) is 70.7 cm³/mol. The Balaban J connectivity index is 2.17. The molecule has 0 saturated carbocycles. The lowest BCUT2D eigenvalue weighted by molar-refractivity contribution is -0.0535. The Bertz CT molecular complexity index is 524. The number of hydrogen-bond donors (Lipinski definition) is 5. The van der Waals surface area contributed by atoms with Crippen molar-refractivity contribution in [1.29, 1.82) is 5.26 Å². The van der Waals surface area contributed by atoms with Crippen LogP contribution in [0.2, 0.25) is 0 Å². The molecular weight excluding hydrogens is 278 g/mol. The molecule has 7 N–H and O–H groups in total. The Labute approximate surface area is 121 Å². The maximum Gasteiger partial charge on any atom is 0.328 e. The topological polar surface area (TPSA) is 158 Å². The van der Waals surface area contributed by atoms with Gasteiger partial charge in [0.15, 0.2) is 0 Å². The molecule has 0 unspecified atom stereocenters. The van der Waals surface area contributed by atoms with E-state index < -0.39 is 30.6 Å². The second-order valence-corrected chi connectivity index (χ2v) is 4.73. The molecule has 0 aromatic heterocycles. The number of aliphatic hydroxyl groups excluding tert-OH is 2. The SMILES string of the molecule is N#C/C(=C1\C=CN([C@H]2C[C@H](O)[C@@H](CO)O2)C(=O)N1)C(N)N. The summed E-state index contributed by atoms with van der Waals surface area (Å²) in [5.41, 5.74) is 11.2. The highest BCUT2D eigenvalue weighted by Gasteiger charge is 2.39. The van der Waals surface area contributed by atoms with Crippen LogP contribution >= 0.6 is 0 Å². The number of carbonyl (C=O) groups is 1. The summed E-state index contributed by atoms with van der Waals surface area (Å²) in [5, 5.41) is 30.2. The molecule has 0 aromatic carbocycles. The molecule has 1 fully saturated rings. The number of nitriles is 1. The van der Waals surface area contributed by atoms with Crippen molar-refractivity contribution in [3.05, 3.63) is 23.5 Å². The van der Waals surface area contributed by atoms with Crippen LogP contribution in [0.15, 0.2) is 23.5 Å². The number of carbonyl (C=O) groups excluding carboxylic acids is 1. The molecule has 0 radical (unpaired) electrons. The summed E-state index contributed by atoms with van der Waals surface area (Å²) in [6.45, 7) is -0.331. The second kappa shape index (κ2) is 6.21. The van der Waals surface area contributed by atoms with Crippen molar-refractivity contribution < 1.29 is 19.7 Å². The van der Waals surface area contributed by atoms with Gasteiger partial charge in [-0.15, -0.1) is 0 Å². The minimum absolute atomic E-state index is 0.0554. The minimum Gasteiger partial charge on any atom is -0.394 e. The summed E-state index contributed by atoms with van der Waals surface area (Å²) in [6, 6.07) is 1.31. The number of nitrogens with two attached hydrogens (primary N) is 2. The first-order valence-corrected chi connectivity index (χ1v) is 6.35. The van der Waals surface area contributed by atoms with E-state index in [0.717, 1.165) is 0 Å². The third kappa shape index (κ3) is 3.05. The normalized spacial score (nSPS) is 31.3. The first kappa shape index (κ1) is 15.4. The number of hydrogen-bond acceptors (Lipinski definition) is 7. The fourth-order valence-corrected chi connectivity index (χ4v) is 2.19. The van der Waals surface area contributed by atoms with Crippen molar-refractivity contribution in [1.82, 2.24) is 10.2 Å². The van der Waals surface area contributed by atoms with Crippen molar-refractivity contribution in [2.45, 2.75) is 31.0 Å². The molecule has 0 aromatic rings. The Morgan fingerprint density at radius 2 is 2.38 bits per heavy atom. The van der Waals surface area contributed by atoms with Gasteiger partial charge in [-0.05, 0) is 6.08 Å². The van der Waals surface area contributed by atoms with E-state index in [0.29, 0.717) is 0 Å². The van der Waals surface area contributed by atoms with E-state index in [9.17, 15) is 9.90 Å². The summed E-state index contributed by atoms with van der Waals surface area (Å²) in [4.78, 5) is 13.3. The van der Waals surface area contributed by atoms with Crippen molar-refractivity contribution >= 4 is 6.03 Å². The monoisotopic (exact) mass is 295 g/mol. The molecule has 9 nitrogen and oxygen atoms in total. The zero-order chi connectivity index (χ0) is 15.6. The van der Waals surface area contributed by atoms with Crippen LogP contribution < -0.4 is 16.8 Å². The molecule has 9 heteroatoms. The minimum atomic E-state index is -0.996. The quantitative estimate of drug-likeness (QED) is 0.298. The van der Waals surface area contributed by atoms with E-state index in [2.05, 4.69) is 5.32 Å². The number of rotatable bonds is 3. The molecule has 21 heavy (non-hydrogen) atoms. The highest BCUT2D eigenvalue weighted by Crippen LogP contribution is 2.25. The Kier molecular flexibility index (Phi) is 4.56. The van der Waals surface area contributed by atoms with E-state index in [-0.39, 0.29) is 24.3 Å². The lowest BCUT2D eigenvalue weighted by Gasteiger charge is -2.29. The van der Waals surface area contributed by atoms with Gasteiger partial charge < -0.3 is 31.7 Å². The molecule has 2 rings (SSSR count). The van der Waals surface area contributed by atoms with Gasteiger partial charge in [-0.3, -0.25) is 4.90 Å². The van der Waals surface area contributed by atoms with Gasteiger partial charge in [-0.1, -0.05) is 0 Å². The van der Waals surface area contributed by atoms with E-state index >= 15 is 0 Å². The van der Waals surface area contributed by atoms with Gasteiger partial charge >= 0.3 is 6.03 Å². The van der Waals surface area contributed by atoms with Crippen LogP contribution in [-0.4, -0.2) is 52.4 Å². The average molecular weight is 295 g/mol. The van der Waals surface area contributed by atoms with Gasteiger partial charge in [0.1, 0.15) is 12.3 Å². The van der Waals surface area contributed by atoms with Crippen LogP contribution in [0.3, 0.4) is 0 Å². The van der Waals surface area contributed by atoms with Gasteiger partial charge in [0.05, 0.1) is 36.2 Å².